The van der Waals surface area contributed by atoms with Crippen LogP contribution in [0, 0.1) is 0 Å². The number of hydrogen-bond acceptors (Lipinski definition) is 1. The molecule has 53 valence electrons. The molecule has 1 radical (unpaired) electrons. The van der Waals surface area contributed by atoms with Gasteiger partial charge < -0.3 is 0 Å². The Balaban J connectivity index is 2.69. The topological polar surface area (TPSA) is 52.6 Å². The lowest BCUT2D eigenvalue weighted by Gasteiger charge is -1.85. The number of amides is 2. The molecule has 0 saturated carbocycles. The van der Waals surface area contributed by atoms with Gasteiger partial charge in [-0.1, -0.05) is 12.1 Å². The minimum atomic E-state index is -0.363. The Kier molecular flexibility index (Phi) is 1.06. The van der Waals surface area contributed by atoms with Gasteiger partial charge in [-0.15, -0.1) is 5.32 Å². The molecule has 0 atom stereocenters. The van der Waals surface area contributed by atoms with E-state index in [1.165, 1.54) is 0 Å². The van der Waals surface area contributed by atoms with E-state index in [2.05, 4.69) is 5.32 Å². The summed E-state index contributed by atoms with van der Waals surface area (Å²) in [5.41, 5.74) is 1.00. The van der Waals surface area contributed by atoms with Crippen molar-refractivity contribution in [2.24, 2.45) is 0 Å². The zero-order valence-corrected chi connectivity index (χ0v) is 5.61. The van der Waals surface area contributed by atoms with E-state index in [-0.39, 0.29) is 11.8 Å². The molecule has 0 unspecified atom stereocenters. The van der Waals surface area contributed by atoms with Gasteiger partial charge in [-0.25, -0.2) is 0 Å². The van der Waals surface area contributed by atoms with Crippen LogP contribution in [-0.2, 0) is 0 Å². The van der Waals surface area contributed by atoms with Crippen molar-refractivity contribution >= 4 is 11.8 Å². The average Bonchev–Trinajstić information content (AvgIpc) is 2.30. The lowest BCUT2D eigenvalue weighted by atomic mass is 10.1. The van der Waals surface area contributed by atoms with Gasteiger partial charge in [0, 0.05) is 0 Å². The quantitative estimate of drug-likeness (QED) is 0.384. The third-order valence-corrected chi connectivity index (χ3v) is 1.61. The highest BCUT2D eigenvalue weighted by Crippen LogP contribution is 2.14. The number of nitrogens with zero attached hydrogens (tertiary/aromatic N) is 1. The van der Waals surface area contributed by atoms with Gasteiger partial charge in [0.1, 0.15) is 5.56 Å². The van der Waals surface area contributed by atoms with Crippen molar-refractivity contribution in [2.75, 3.05) is 0 Å². The summed E-state index contributed by atoms with van der Waals surface area (Å²) in [5, 5.41) is 3.39. The summed E-state index contributed by atoms with van der Waals surface area (Å²) in [6, 6.07) is 6.80. The number of carbonyl (C=O) groups excluding carboxylic acids is 2. The van der Waals surface area contributed by atoms with E-state index >= 15 is 0 Å². The predicted octanol–water partition coefficient (Wildman–Crippen LogP) is 0.295. The molecule has 11 heavy (non-hydrogen) atoms. The summed E-state index contributed by atoms with van der Waals surface area (Å²) in [5.74, 6) is -0.538. The van der Waals surface area contributed by atoms with Gasteiger partial charge in [0.15, 0.2) is 0 Å². The molecule has 0 fully saturated rings. The molecule has 3 nitrogen and oxygen atoms in total. The van der Waals surface area contributed by atoms with E-state index in [1.54, 1.807) is 24.3 Å². The lowest BCUT2D eigenvalue weighted by Crippen LogP contribution is -2.11. The molecule has 1 aliphatic heterocycles. The van der Waals surface area contributed by atoms with Crippen molar-refractivity contribution in [3.05, 3.63) is 35.4 Å². The molecule has 0 saturated heterocycles. The van der Waals surface area contributed by atoms with Crippen molar-refractivity contribution in [3.8, 4) is 0 Å². The molecule has 2 rings (SSSR count). The summed E-state index contributed by atoms with van der Waals surface area (Å²) in [4.78, 5) is 20.0. The maximum Gasteiger partial charge on any atom is 0.451 e. The van der Waals surface area contributed by atoms with Crippen LogP contribution in [0.15, 0.2) is 24.3 Å². The van der Waals surface area contributed by atoms with Crippen LogP contribution in [0.2, 0.25) is 0 Å². The number of rotatable bonds is 0. The molecule has 1 aliphatic rings. The third-order valence-electron chi connectivity index (χ3n) is 1.61. The van der Waals surface area contributed by atoms with Crippen molar-refractivity contribution < 1.29 is 9.59 Å². The monoisotopic (exact) mass is 147 g/mol. The van der Waals surface area contributed by atoms with Crippen LogP contribution in [0.1, 0.15) is 15.9 Å². The molecule has 0 spiro atoms. The van der Waals surface area contributed by atoms with Crippen LogP contribution in [0.3, 0.4) is 0 Å². The smallest absolute Gasteiger partial charge is 0.266 e. The first-order chi connectivity index (χ1) is 5.29. The molecule has 1 aromatic carbocycles. The van der Waals surface area contributed by atoms with E-state index in [0.29, 0.717) is 11.1 Å². The van der Waals surface area contributed by atoms with Crippen LogP contribution >= 0.6 is 0 Å². The number of hydrogen-bond donors (Lipinski definition) is 0. The van der Waals surface area contributed by atoms with Crippen LogP contribution in [-0.4, -0.2) is 16.6 Å². The minimum Gasteiger partial charge on any atom is -0.266 e. The largest absolute Gasteiger partial charge is 0.451 e. The first kappa shape index (κ1) is 6.09. The van der Waals surface area contributed by atoms with Crippen LogP contribution in [0.4, 0.5) is 0 Å². The standard InChI is InChI=1S/C8H4NO2/c10-7-5-3-1-2-4-6(5)8(11)9-7/h1-4H/p+1. The van der Waals surface area contributed by atoms with E-state index in [1.807, 2.05) is 0 Å². The van der Waals surface area contributed by atoms with E-state index in [4.69, 9.17) is 4.79 Å². The highest BCUT2D eigenvalue weighted by Gasteiger charge is 2.33. The van der Waals surface area contributed by atoms with E-state index in [9.17, 15) is 4.79 Å². The number of benzene rings is 1. The molecule has 2 amide bonds. The van der Waals surface area contributed by atoms with Gasteiger partial charge in [0.25, 0.3) is 5.91 Å². The van der Waals surface area contributed by atoms with Crippen LogP contribution < -0.4 is 5.32 Å². The van der Waals surface area contributed by atoms with E-state index < -0.39 is 0 Å². The van der Waals surface area contributed by atoms with Gasteiger partial charge in [-0.05, 0) is 12.1 Å². The van der Waals surface area contributed by atoms with Gasteiger partial charge in [-0.2, -0.15) is 0 Å². The number of carbonyl (C=O) groups is 1. The summed E-state index contributed by atoms with van der Waals surface area (Å²) >= 11 is 0. The Hall–Kier alpha value is -1.64. The molecule has 1 aromatic rings. The van der Waals surface area contributed by atoms with Crippen LogP contribution in [0.5, 0.6) is 0 Å². The Labute approximate surface area is 63.0 Å². The molecule has 0 bridgehead atoms. The SMILES string of the molecule is O=C1[N]C(=[OH+])c2ccccc21. The fourth-order valence-corrected chi connectivity index (χ4v) is 1.08. The third kappa shape index (κ3) is 0.741. The highest BCUT2D eigenvalue weighted by molar-refractivity contribution is 6.21. The fraction of sp³-hybridized carbons (Fsp3) is 0. The summed E-state index contributed by atoms with van der Waals surface area (Å²) in [6.07, 6.45) is 0. The van der Waals surface area contributed by atoms with Gasteiger partial charge in [-0.3, -0.25) is 9.59 Å². The first-order valence-corrected chi connectivity index (χ1v) is 3.20. The average molecular weight is 147 g/mol. The molecular formula is C8H5NO2+. The van der Waals surface area contributed by atoms with E-state index in [0.717, 1.165) is 0 Å². The Morgan fingerprint density at radius 2 is 1.82 bits per heavy atom. The van der Waals surface area contributed by atoms with Crippen molar-refractivity contribution in [1.82, 2.24) is 5.32 Å². The zero-order valence-electron chi connectivity index (χ0n) is 5.61. The predicted molar refractivity (Wildman–Crippen MR) is 39.0 cm³/mol. The molecule has 3 heteroatoms. The van der Waals surface area contributed by atoms with Gasteiger partial charge >= 0.3 is 5.91 Å². The normalized spacial score (nSPS) is 14.5. The van der Waals surface area contributed by atoms with Crippen LogP contribution in [0.25, 0.3) is 0 Å². The Morgan fingerprint density at radius 1 is 1.18 bits per heavy atom. The molecule has 0 aliphatic carbocycles. The Bertz CT molecular complexity index is 311. The van der Waals surface area contributed by atoms with Gasteiger partial charge in [0.2, 0.25) is 0 Å². The molecule has 1 N–H and O–H groups in total. The van der Waals surface area contributed by atoms with Crippen molar-refractivity contribution in [1.29, 1.82) is 0 Å². The van der Waals surface area contributed by atoms with Crippen molar-refractivity contribution in [2.45, 2.75) is 0 Å². The second-order valence-electron chi connectivity index (χ2n) is 2.29. The second kappa shape index (κ2) is 1.92. The number of fused-ring (bicyclic) bond motifs is 1. The summed E-state index contributed by atoms with van der Waals surface area (Å²) in [7, 11) is 0. The first-order valence-electron chi connectivity index (χ1n) is 3.20. The second-order valence-corrected chi connectivity index (χ2v) is 2.29. The number of imide groups is 1. The van der Waals surface area contributed by atoms with Gasteiger partial charge in [0.05, 0.1) is 5.56 Å². The summed E-state index contributed by atoms with van der Waals surface area (Å²) in [6.45, 7) is 0. The Morgan fingerprint density at radius 3 is 2.45 bits per heavy atom. The fourth-order valence-electron chi connectivity index (χ4n) is 1.08. The highest BCUT2D eigenvalue weighted by atomic mass is 16.2. The van der Waals surface area contributed by atoms with Crippen molar-refractivity contribution in [3.63, 3.8) is 0 Å². The maximum absolute atomic E-state index is 10.9. The molecular weight excluding hydrogens is 142 g/mol. The maximum atomic E-state index is 10.9. The molecule has 1 heterocycles. The lowest BCUT2D eigenvalue weighted by molar-refractivity contribution is 0.0978. The molecule has 0 aromatic heterocycles. The minimum absolute atomic E-state index is 0.175. The zero-order chi connectivity index (χ0) is 7.84. The summed E-state index contributed by atoms with van der Waals surface area (Å²) < 4.78 is 0.